The van der Waals surface area contributed by atoms with Gasteiger partial charge in [0.05, 0.1) is 23.4 Å². The first-order valence-electron chi connectivity index (χ1n) is 5.77. The predicted molar refractivity (Wildman–Crippen MR) is 73.3 cm³/mol. The lowest BCUT2D eigenvalue weighted by molar-refractivity contribution is 0.543. The number of anilines is 1. The summed E-state index contributed by atoms with van der Waals surface area (Å²) < 4.78 is 13.7. The van der Waals surface area contributed by atoms with E-state index in [2.05, 4.69) is 24.2 Å². The summed E-state index contributed by atoms with van der Waals surface area (Å²) in [6, 6.07) is 6.58. The third-order valence-electron chi connectivity index (χ3n) is 2.78. The van der Waals surface area contributed by atoms with Crippen LogP contribution in [0.5, 0.6) is 0 Å². The molecule has 0 amide bonds. The summed E-state index contributed by atoms with van der Waals surface area (Å²) in [4.78, 5) is 4.50. The first kappa shape index (κ1) is 12.9. The molecular weight excluding hydrogens is 249 g/mol. The van der Waals surface area contributed by atoms with Gasteiger partial charge in [0.25, 0.3) is 0 Å². The molecule has 94 valence electrons. The molecule has 0 saturated heterocycles. The number of nitrogens with zero attached hydrogens (tertiary/aromatic N) is 2. The topological polar surface area (TPSA) is 48.2 Å². The molecule has 0 spiro atoms. The largest absolute Gasteiger partial charge is 0.333 e. The third-order valence-corrected chi connectivity index (χ3v) is 3.77. The van der Waals surface area contributed by atoms with Crippen molar-refractivity contribution in [1.82, 2.24) is 0 Å². The Balaban J connectivity index is 2.11. The van der Waals surface area contributed by atoms with Gasteiger partial charge < -0.3 is 5.32 Å². The molecule has 0 radical (unpaired) electrons. The lowest BCUT2D eigenvalue weighted by Gasteiger charge is -2.08. The first-order valence-corrected chi connectivity index (χ1v) is 6.76. The minimum atomic E-state index is -0.426. The molecule has 2 rings (SSSR count). The van der Waals surface area contributed by atoms with E-state index in [1.807, 2.05) is 6.07 Å². The molecule has 5 heteroatoms. The summed E-state index contributed by atoms with van der Waals surface area (Å²) in [6.07, 6.45) is 0. The Morgan fingerprint density at radius 3 is 2.89 bits per heavy atom. The summed E-state index contributed by atoms with van der Waals surface area (Å²) in [6.45, 7) is 4.25. The van der Waals surface area contributed by atoms with Crippen LogP contribution in [0.3, 0.4) is 0 Å². The van der Waals surface area contributed by atoms with Crippen LogP contribution in [0.1, 0.15) is 19.4 Å². The minimum absolute atomic E-state index is 0.291. The normalized spacial score (nSPS) is 18.6. The van der Waals surface area contributed by atoms with Gasteiger partial charge in [-0.15, -0.1) is 0 Å². The molecule has 1 atom stereocenters. The molecule has 1 N–H and O–H groups in total. The van der Waals surface area contributed by atoms with Crippen molar-refractivity contribution >= 4 is 22.6 Å². The van der Waals surface area contributed by atoms with Crippen LogP contribution in [0, 0.1) is 23.1 Å². The standard InChI is InChI=1S/C13H14FN3S/c1-8(2)12-7-18-13(17-12)16-11-4-3-9(6-15)5-10(11)14/h3-5,8,12H,7H2,1-2H3,(H,16,17)/t12-/m1/s1. The molecule has 0 aromatic heterocycles. The van der Waals surface area contributed by atoms with E-state index in [1.54, 1.807) is 23.9 Å². The molecule has 1 heterocycles. The monoisotopic (exact) mass is 263 g/mol. The molecule has 18 heavy (non-hydrogen) atoms. The van der Waals surface area contributed by atoms with Crippen molar-refractivity contribution in [2.24, 2.45) is 10.9 Å². The van der Waals surface area contributed by atoms with Gasteiger partial charge in [0.2, 0.25) is 0 Å². The fourth-order valence-corrected chi connectivity index (χ4v) is 2.78. The number of amidine groups is 1. The number of nitrogens with one attached hydrogen (secondary N) is 1. The number of hydrogen-bond acceptors (Lipinski definition) is 4. The number of hydrogen-bond donors (Lipinski definition) is 1. The van der Waals surface area contributed by atoms with E-state index in [-0.39, 0.29) is 0 Å². The van der Waals surface area contributed by atoms with Crippen molar-refractivity contribution in [3.05, 3.63) is 29.6 Å². The van der Waals surface area contributed by atoms with E-state index in [0.29, 0.717) is 23.2 Å². The van der Waals surface area contributed by atoms with Crippen LogP contribution in [-0.2, 0) is 0 Å². The van der Waals surface area contributed by atoms with Crippen molar-refractivity contribution in [2.75, 3.05) is 11.1 Å². The Kier molecular flexibility index (Phi) is 3.87. The van der Waals surface area contributed by atoms with Crippen molar-refractivity contribution in [1.29, 1.82) is 5.26 Å². The van der Waals surface area contributed by atoms with Crippen LogP contribution in [0.2, 0.25) is 0 Å². The highest BCUT2D eigenvalue weighted by Crippen LogP contribution is 2.25. The van der Waals surface area contributed by atoms with Gasteiger partial charge in [-0.2, -0.15) is 5.26 Å². The number of thioether (sulfide) groups is 1. The summed E-state index contributed by atoms with van der Waals surface area (Å²) in [7, 11) is 0. The Bertz CT molecular complexity index is 519. The second kappa shape index (κ2) is 5.40. The number of aliphatic imine (C=N–C) groups is 1. The van der Waals surface area contributed by atoms with Gasteiger partial charge in [-0.05, 0) is 24.1 Å². The fourth-order valence-electron chi connectivity index (χ4n) is 1.60. The average Bonchev–Trinajstić information content (AvgIpc) is 2.80. The highest BCUT2D eigenvalue weighted by atomic mass is 32.2. The van der Waals surface area contributed by atoms with E-state index < -0.39 is 5.82 Å². The van der Waals surface area contributed by atoms with Gasteiger partial charge in [-0.25, -0.2) is 4.39 Å². The molecule has 0 fully saturated rings. The van der Waals surface area contributed by atoms with Gasteiger partial charge in [-0.1, -0.05) is 25.6 Å². The smallest absolute Gasteiger partial charge is 0.161 e. The molecule has 0 bridgehead atoms. The lowest BCUT2D eigenvalue weighted by atomic mass is 10.1. The van der Waals surface area contributed by atoms with Crippen LogP contribution in [0.4, 0.5) is 10.1 Å². The van der Waals surface area contributed by atoms with Crippen LogP contribution < -0.4 is 5.32 Å². The molecular formula is C13H14FN3S. The number of nitriles is 1. The Morgan fingerprint density at radius 1 is 1.56 bits per heavy atom. The Labute approximate surface area is 110 Å². The highest BCUT2D eigenvalue weighted by Gasteiger charge is 2.21. The van der Waals surface area contributed by atoms with Crippen LogP contribution >= 0.6 is 11.8 Å². The molecule has 0 saturated carbocycles. The average molecular weight is 263 g/mol. The molecule has 1 aromatic carbocycles. The van der Waals surface area contributed by atoms with Crippen LogP contribution in [-0.4, -0.2) is 17.0 Å². The van der Waals surface area contributed by atoms with Gasteiger partial charge >= 0.3 is 0 Å². The Hall–Kier alpha value is -1.54. The van der Waals surface area contributed by atoms with Crippen molar-refractivity contribution in [3.63, 3.8) is 0 Å². The van der Waals surface area contributed by atoms with Crippen molar-refractivity contribution in [3.8, 4) is 6.07 Å². The maximum absolute atomic E-state index is 13.7. The molecule has 3 nitrogen and oxygen atoms in total. The van der Waals surface area contributed by atoms with Crippen LogP contribution in [0.15, 0.2) is 23.2 Å². The summed E-state index contributed by atoms with van der Waals surface area (Å²) in [5.41, 5.74) is 0.684. The first-order chi connectivity index (χ1) is 8.60. The molecule has 1 aromatic rings. The van der Waals surface area contributed by atoms with Gasteiger partial charge in [0, 0.05) is 5.75 Å². The maximum atomic E-state index is 13.7. The van der Waals surface area contributed by atoms with E-state index in [1.165, 1.54) is 6.07 Å². The second-order valence-electron chi connectivity index (χ2n) is 4.49. The number of benzene rings is 1. The fraction of sp³-hybridized carbons (Fsp3) is 0.385. The summed E-state index contributed by atoms with van der Waals surface area (Å²) in [5.74, 6) is 0.991. The SMILES string of the molecule is CC(C)[C@H]1CSC(Nc2ccc(C#N)cc2F)=N1. The minimum Gasteiger partial charge on any atom is -0.333 e. The van der Waals surface area contributed by atoms with E-state index in [4.69, 9.17) is 5.26 Å². The molecule has 0 unspecified atom stereocenters. The van der Waals surface area contributed by atoms with E-state index >= 15 is 0 Å². The van der Waals surface area contributed by atoms with Crippen molar-refractivity contribution in [2.45, 2.75) is 19.9 Å². The van der Waals surface area contributed by atoms with E-state index in [0.717, 1.165) is 10.9 Å². The highest BCUT2D eigenvalue weighted by molar-refractivity contribution is 8.14. The zero-order chi connectivity index (χ0) is 13.1. The zero-order valence-corrected chi connectivity index (χ0v) is 11.1. The van der Waals surface area contributed by atoms with Crippen molar-refractivity contribution < 1.29 is 4.39 Å². The molecule has 1 aliphatic heterocycles. The van der Waals surface area contributed by atoms with Crippen LogP contribution in [0.25, 0.3) is 0 Å². The third kappa shape index (κ3) is 2.82. The molecule has 0 aliphatic carbocycles. The lowest BCUT2D eigenvalue weighted by Crippen LogP contribution is -2.12. The second-order valence-corrected chi connectivity index (χ2v) is 5.50. The molecule has 1 aliphatic rings. The van der Waals surface area contributed by atoms with Gasteiger partial charge in [-0.3, -0.25) is 4.99 Å². The number of halogens is 1. The quantitative estimate of drug-likeness (QED) is 0.891. The zero-order valence-electron chi connectivity index (χ0n) is 10.3. The van der Waals surface area contributed by atoms with Gasteiger partial charge in [0.15, 0.2) is 5.17 Å². The predicted octanol–water partition coefficient (Wildman–Crippen LogP) is 3.24. The van der Waals surface area contributed by atoms with Gasteiger partial charge in [0.1, 0.15) is 5.82 Å². The van der Waals surface area contributed by atoms with E-state index in [9.17, 15) is 4.39 Å². The Morgan fingerprint density at radius 2 is 2.33 bits per heavy atom. The summed E-state index contributed by atoms with van der Waals surface area (Å²) >= 11 is 1.60. The summed E-state index contributed by atoms with van der Waals surface area (Å²) in [5, 5.41) is 12.4. The number of rotatable bonds is 2. The maximum Gasteiger partial charge on any atom is 0.161 e.